The topological polar surface area (TPSA) is 67.2 Å². The predicted octanol–water partition coefficient (Wildman–Crippen LogP) is 1.12. The smallest absolute Gasteiger partial charge is 0.287 e. The van der Waals surface area contributed by atoms with Crippen molar-refractivity contribution in [1.82, 2.24) is 9.78 Å². The minimum Gasteiger partial charge on any atom is -0.396 e. The van der Waals surface area contributed by atoms with Crippen molar-refractivity contribution in [2.75, 3.05) is 18.5 Å². The fourth-order valence-corrected chi connectivity index (χ4v) is 1.40. The van der Waals surface area contributed by atoms with Crippen molar-refractivity contribution in [1.29, 1.82) is 0 Å². The average molecular weight is 258 g/mol. The third kappa shape index (κ3) is 3.57. The summed E-state index contributed by atoms with van der Waals surface area (Å²) in [4.78, 5) is 11.7. The normalized spacial score (nSPS) is 12.2. The Labute approximate surface area is 105 Å². The van der Waals surface area contributed by atoms with Crippen LogP contribution in [0.3, 0.4) is 0 Å². The number of nitrogens with zero attached hydrogens (tertiary/aromatic N) is 2. The Hall–Kier alpha value is -1.33. The molecule has 17 heavy (non-hydrogen) atoms. The highest BCUT2D eigenvalue weighted by atomic mass is 35.5. The summed E-state index contributed by atoms with van der Waals surface area (Å²) in [7, 11) is 0. The van der Waals surface area contributed by atoms with Gasteiger partial charge in [-0.15, -0.1) is 6.58 Å². The van der Waals surface area contributed by atoms with Gasteiger partial charge in [-0.05, 0) is 5.92 Å². The van der Waals surface area contributed by atoms with Gasteiger partial charge in [-0.25, -0.2) is 4.68 Å². The Morgan fingerprint density at radius 2 is 2.47 bits per heavy atom. The summed E-state index contributed by atoms with van der Waals surface area (Å²) in [6.45, 7) is 6.35. The second-order valence-electron chi connectivity index (χ2n) is 3.82. The predicted molar refractivity (Wildman–Crippen MR) is 68.4 cm³/mol. The minimum atomic E-state index is -0.354. The average Bonchev–Trinajstić information content (AvgIpc) is 2.34. The van der Waals surface area contributed by atoms with Crippen molar-refractivity contribution >= 4 is 17.3 Å². The molecule has 0 amide bonds. The van der Waals surface area contributed by atoms with Gasteiger partial charge in [0, 0.05) is 13.2 Å². The van der Waals surface area contributed by atoms with Crippen LogP contribution >= 0.6 is 11.6 Å². The third-order valence-corrected chi connectivity index (χ3v) is 2.60. The van der Waals surface area contributed by atoms with Gasteiger partial charge in [-0.3, -0.25) is 4.79 Å². The molecule has 0 fully saturated rings. The van der Waals surface area contributed by atoms with Gasteiger partial charge in [0.15, 0.2) is 0 Å². The van der Waals surface area contributed by atoms with Crippen molar-refractivity contribution in [3.63, 3.8) is 0 Å². The lowest BCUT2D eigenvalue weighted by Gasteiger charge is -2.12. The molecule has 0 bridgehead atoms. The number of halogens is 1. The lowest BCUT2D eigenvalue weighted by Crippen LogP contribution is -2.24. The van der Waals surface area contributed by atoms with Crippen LogP contribution in [0.2, 0.25) is 5.02 Å². The number of nitrogens with one attached hydrogen (secondary N) is 1. The van der Waals surface area contributed by atoms with E-state index in [1.807, 2.05) is 6.92 Å². The van der Waals surface area contributed by atoms with Gasteiger partial charge in [0.05, 0.1) is 18.4 Å². The van der Waals surface area contributed by atoms with Gasteiger partial charge in [0.1, 0.15) is 5.02 Å². The maximum Gasteiger partial charge on any atom is 0.287 e. The van der Waals surface area contributed by atoms with Crippen molar-refractivity contribution in [3.8, 4) is 0 Å². The van der Waals surface area contributed by atoms with E-state index in [1.54, 1.807) is 6.08 Å². The molecule has 0 aromatic carbocycles. The van der Waals surface area contributed by atoms with E-state index in [-0.39, 0.29) is 23.1 Å². The van der Waals surface area contributed by atoms with Crippen LogP contribution in [0.4, 0.5) is 5.69 Å². The Kier molecular flexibility index (Phi) is 5.18. The van der Waals surface area contributed by atoms with Crippen LogP contribution in [0.25, 0.3) is 0 Å². The van der Waals surface area contributed by atoms with Crippen LogP contribution in [0, 0.1) is 5.92 Å². The molecule has 0 saturated heterocycles. The zero-order chi connectivity index (χ0) is 12.8. The van der Waals surface area contributed by atoms with Crippen LogP contribution < -0.4 is 10.9 Å². The van der Waals surface area contributed by atoms with E-state index in [1.165, 1.54) is 10.9 Å². The number of hydrogen-bond donors (Lipinski definition) is 2. The van der Waals surface area contributed by atoms with Crippen molar-refractivity contribution in [3.05, 3.63) is 34.2 Å². The fraction of sp³-hybridized carbons (Fsp3) is 0.455. The summed E-state index contributed by atoms with van der Waals surface area (Å²) in [6, 6.07) is 0. The molecule has 6 heteroatoms. The van der Waals surface area contributed by atoms with Crippen molar-refractivity contribution in [2.45, 2.75) is 13.5 Å². The number of hydrogen-bond acceptors (Lipinski definition) is 4. The highest BCUT2D eigenvalue weighted by Crippen LogP contribution is 2.15. The zero-order valence-corrected chi connectivity index (χ0v) is 10.4. The molecule has 0 spiro atoms. The maximum atomic E-state index is 11.7. The van der Waals surface area contributed by atoms with Crippen LogP contribution in [-0.2, 0) is 6.54 Å². The highest BCUT2D eigenvalue weighted by molar-refractivity contribution is 6.32. The molecular formula is C11H16ClN3O2. The molecule has 1 atom stereocenters. The number of rotatable bonds is 6. The Morgan fingerprint density at radius 3 is 3.06 bits per heavy atom. The lowest BCUT2D eigenvalue weighted by molar-refractivity contribution is 0.244. The van der Waals surface area contributed by atoms with Gasteiger partial charge in [0.2, 0.25) is 0 Å². The van der Waals surface area contributed by atoms with E-state index in [4.69, 9.17) is 16.7 Å². The largest absolute Gasteiger partial charge is 0.396 e. The Balaban J connectivity index is 2.85. The van der Waals surface area contributed by atoms with Crippen molar-refractivity contribution < 1.29 is 5.11 Å². The van der Waals surface area contributed by atoms with Gasteiger partial charge in [-0.2, -0.15) is 5.10 Å². The number of aliphatic hydroxyl groups excluding tert-OH is 1. The molecule has 5 nitrogen and oxygen atoms in total. The first-order valence-electron chi connectivity index (χ1n) is 5.31. The summed E-state index contributed by atoms with van der Waals surface area (Å²) < 4.78 is 1.23. The summed E-state index contributed by atoms with van der Waals surface area (Å²) >= 11 is 5.93. The monoisotopic (exact) mass is 257 g/mol. The molecule has 1 rings (SSSR count). The Bertz CT molecular complexity index is 445. The first kappa shape index (κ1) is 13.7. The molecule has 1 aromatic heterocycles. The second-order valence-corrected chi connectivity index (χ2v) is 4.19. The van der Waals surface area contributed by atoms with E-state index >= 15 is 0 Å². The molecule has 0 radical (unpaired) electrons. The molecule has 0 aliphatic heterocycles. The van der Waals surface area contributed by atoms with Crippen molar-refractivity contribution in [2.24, 2.45) is 5.92 Å². The highest BCUT2D eigenvalue weighted by Gasteiger charge is 2.09. The molecule has 1 unspecified atom stereocenters. The quantitative estimate of drug-likeness (QED) is 0.750. The molecule has 1 aromatic rings. The molecule has 94 valence electrons. The lowest BCUT2D eigenvalue weighted by atomic mass is 10.2. The van der Waals surface area contributed by atoms with E-state index in [0.29, 0.717) is 18.8 Å². The zero-order valence-electron chi connectivity index (χ0n) is 9.69. The molecule has 1 heterocycles. The van der Waals surface area contributed by atoms with Crippen LogP contribution in [0.5, 0.6) is 0 Å². The Morgan fingerprint density at radius 1 is 1.76 bits per heavy atom. The third-order valence-electron chi connectivity index (χ3n) is 2.24. The molecule has 0 aliphatic carbocycles. The summed E-state index contributed by atoms with van der Waals surface area (Å²) in [5.74, 6) is 0.0849. The van der Waals surface area contributed by atoms with E-state index < -0.39 is 0 Å². The number of aliphatic hydroxyl groups is 1. The molecule has 2 N–H and O–H groups in total. The number of anilines is 1. The van der Waals surface area contributed by atoms with Crippen LogP contribution in [-0.4, -0.2) is 28.0 Å². The summed E-state index contributed by atoms with van der Waals surface area (Å²) in [5.41, 5.74) is 0.130. The minimum absolute atomic E-state index is 0.0750. The summed E-state index contributed by atoms with van der Waals surface area (Å²) in [5, 5.41) is 15.9. The maximum absolute atomic E-state index is 11.7. The first-order valence-corrected chi connectivity index (χ1v) is 5.69. The standard InChI is InChI=1S/C11H16ClN3O2/c1-3-4-15-11(17)10(12)9(6-14-15)13-5-8(2)7-16/h3,6,8,13,16H,1,4-5,7H2,2H3. The molecular weight excluding hydrogens is 242 g/mol. The molecule has 0 saturated carbocycles. The van der Waals surface area contributed by atoms with Gasteiger partial charge in [0.25, 0.3) is 5.56 Å². The summed E-state index contributed by atoms with van der Waals surface area (Å²) in [6.07, 6.45) is 3.07. The first-order chi connectivity index (χ1) is 8.10. The SMILES string of the molecule is C=CCn1ncc(NCC(C)CO)c(Cl)c1=O. The van der Waals surface area contributed by atoms with Gasteiger partial charge >= 0.3 is 0 Å². The van der Waals surface area contributed by atoms with Crippen LogP contribution in [0.1, 0.15) is 6.92 Å². The molecule has 0 aliphatic rings. The van der Waals surface area contributed by atoms with E-state index in [9.17, 15) is 4.79 Å². The van der Waals surface area contributed by atoms with Crippen LogP contribution in [0.15, 0.2) is 23.6 Å². The van der Waals surface area contributed by atoms with Gasteiger partial charge in [-0.1, -0.05) is 24.6 Å². The van der Waals surface area contributed by atoms with E-state index in [2.05, 4.69) is 17.0 Å². The van der Waals surface area contributed by atoms with Gasteiger partial charge < -0.3 is 10.4 Å². The number of allylic oxidation sites excluding steroid dienone is 1. The van der Waals surface area contributed by atoms with E-state index in [0.717, 1.165) is 0 Å². The fourth-order valence-electron chi connectivity index (χ4n) is 1.19. The second kappa shape index (κ2) is 6.42. The number of aromatic nitrogens is 2.